The molecule has 0 radical (unpaired) electrons. The van der Waals surface area contributed by atoms with E-state index in [1.807, 2.05) is 0 Å². The van der Waals surface area contributed by atoms with E-state index in [4.69, 9.17) is 0 Å². The number of hydrogen-bond donors (Lipinski definition) is 1. The quantitative estimate of drug-likeness (QED) is 0.858. The van der Waals surface area contributed by atoms with Gasteiger partial charge in [-0.15, -0.1) is 0 Å². The zero-order valence-corrected chi connectivity index (χ0v) is 16.3. The molecule has 2 atom stereocenters. The summed E-state index contributed by atoms with van der Waals surface area (Å²) in [6.07, 6.45) is 12.2. The van der Waals surface area contributed by atoms with Gasteiger partial charge in [0.15, 0.2) is 0 Å². The lowest BCUT2D eigenvalue weighted by Crippen LogP contribution is -2.57. The number of fused-ring (bicyclic) bond motifs is 2. The third-order valence-corrected chi connectivity index (χ3v) is 6.93. The summed E-state index contributed by atoms with van der Waals surface area (Å²) >= 11 is 0. The zero-order chi connectivity index (χ0) is 17.9. The number of carbonyl (C=O) groups excluding carboxylic acids is 1. The van der Waals surface area contributed by atoms with Crippen molar-refractivity contribution in [2.75, 3.05) is 0 Å². The summed E-state index contributed by atoms with van der Waals surface area (Å²) in [6, 6.07) is 10.7. The molecule has 2 heterocycles. The Balaban J connectivity index is 1.36. The highest BCUT2D eigenvalue weighted by Gasteiger charge is 2.39. The molecule has 0 spiro atoms. The summed E-state index contributed by atoms with van der Waals surface area (Å²) in [6.45, 7) is 3.22. The van der Waals surface area contributed by atoms with Crippen molar-refractivity contribution in [2.24, 2.45) is 5.92 Å². The maximum atomic E-state index is 12.7. The number of piperidine rings is 2. The fourth-order valence-electron chi connectivity index (χ4n) is 5.44. The number of hydrogen-bond acceptors (Lipinski definition) is 2. The molecule has 26 heavy (non-hydrogen) atoms. The number of nitrogens with zero attached hydrogens (tertiary/aromatic N) is 1. The van der Waals surface area contributed by atoms with Gasteiger partial charge in [-0.3, -0.25) is 9.69 Å². The Morgan fingerprint density at radius 3 is 2.27 bits per heavy atom. The fraction of sp³-hybridized carbons (Fsp3) is 0.696. The van der Waals surface area contributed by atoms with Crippen LogP contribution in [0.15, 0.2) is 24.3 Å². The minimum absolute atomic E-state index is 0.286. The van der Waals surface area contributed by atoms with Crippen molar-refractivity contribution in [1.82, 2.24) is 10.2 Å². The van der Waals surface area contributed by atoms with Crippen molar-refractivity contribution in [2.45, 2.75) is 95.8 Å². The van der Waals surface area contributed by atoms with Crippen LogP contribution in [0.5, 0.6) is 0 Å². The zero-order valence-electron chi connectivity index (χ0n) is 16.3. The highest BCUT2D eigenvalue weighted by atomic mass is 16.1. The first-order valence-electron chi connectivity index (χ1n) is 10.8. The molecule has 3 nitrogen and oxygen atoms in total. The van der Waals surface area contributed by atoms with Crippen molar-refractivity contribution >= 4 is 5.91 Å². The second-order valence-corrected chi connectivity index (χ2v) is 8.91. The van der Waals surface area contributed by atoms with E-state index in [2.05, 4.69) is 41.4 Å². The molecule has 1 aromatic carbocycles. The summed E-state index contributed by atoms with van der Waals surface area (Å²) in [7, 11) is 0. The molecule has 1 aromatic rings. The first kappa shape index (κ1) is 18.0. The van der Waals surface area contributed by atoms with E-state index < -0.39 is 0 Å². The van der Waals surface area contributed by atoms with Crippen LogP contribution in [0.1, 0.15) is 75.3 Å². The Labute approximate surface area is 158 Å². The van der Waals surface area contributed by atoms with Crippen molar-refractivity contribution < 1.29 is 4.79 Å². The van der Waals surface area contributed by atoms with Crippen LogP contribution in [-0.2, 0) is 11.3 Å². The monoisotopic (exact) mass is 354 g/mol. The van der Waals surface area contributed by atoms with Crippen LogP contribution in [0.3, 0.4) is 0 Å². The first-order valence-corrected chi connectivity index (χ1v) is 10.8. The van der Waals surface area contributed by atoms with Crippen LogP contribution < -0.4 is 5.32 Å². The van der Waals surface area contributed by atoms with Gasteiger partial charge in [-0.1, -0.05) is 55.5 Å². The third kappa shape index (κ3) is 4.14. The van der Waals surface area contributed by atoms with Crippen LogP contribution in [-0.4, -0.2) is 28.9 Å². The molecule has 2 saturated heterocycles. The van der Waals surface area contributed by atoms with Gasteiger partial charge in [-0.2, -0.15) is 0 Å². The van der Waals surface area contributed by atoms with E-state index >= 15 is 0 Å². The van der Waals surface area contributed by atoms with Crippen LogP contribution in [0.25, 0.3) is 0 Å². The molecule has 2 aliphatic heterocycles. The fourth-order valence-corrected chi connectivity index (χ4v) is 5.44. The van der Waals surface area contributed by atoms with Gasteiger partial charge in [0.25, 0.3) is 0 Å². The average molecular weight is 355 g/mol. The Bertz CT molecular complexity index is 591. The Kier molecular flexibility index (Phi) is 5.63. The molecule has 3 heteroatoms. The van der Waals surface area contributed by atoms with Crippen molar-refractivity contribution in [3.8, 4) is 0 Å². The normalized spacial score (nSPS) is 30.1. The van der Waals surface area contributed by atoms with Gasteiger partial charge in [-0.05, 0) is 51.0 Å². The molecule has 1 aliphatic carbocycles. The van der Waals surface area contributed by atoms with Gasteiger partial charge in [0.2, 0.25) is 5.91 Å². The first-order chi connectivity index (χ1) is 12.7. The third-order valence-electron chi connectivity index (χ3n) is 6.93. The van der Waals surface area contributed by atoms with E-state index in [1.54, 1.807) is 0 Å². The Hall–Kier alpha value is -1.35. The van der Waals surface area contributed by atoms with E-state index in [0.717, 1.165) is 32.2 Å². The number of rotatable bonds is 4. The van der Waals surface area contributed by atoms with E-state index in [-0.39, 0.29) is 5.92 Å². The maximum absolute atomic E-state index is 12.7. The highest BCUT2D eigenvalue weighted by molar-refractivity contribution is 5.79. The Morgan fingerprint density at radius 1 is 0.962 bits per heavy atom. The molecular formula is C23H34N2O. The molecule has 1 saturated carbocycles. The number of benzene rings is 1. The number of carbonyl (C=O) groups is 1. The molecule has 4 rings (SSSR count). The lowest BCUT2D eigenvalue weighted by Gasteiger charge is -2.49. The van der Waals surface area contributed by atoms with Gasteiger partial charge in [0.05, 0.1) is 0 Å². The van der Waals surface area contributed by atoms with Gasteiger partial charge < -0.3 is 5.32 Å². The second-order valence-electron chi connectivity index (χ2n) is 8.91. The van der Waals surface area contributed by atoms with Crippen LogP contribution in [0.2, 0.25) is 0 Å². The summed E-state index contributed by atoms with van der Waals surface area (Å²) in [5.74, 6) is 0.633. The summed E-state index contributed by atoms with van der Waals surface area (Å²) < 4.78 is 0. The molecule has 0 aromatic heterocycles. The summed E-state index contributed by atoms with van der Waals surface area (Å²) in [5, 5.41) is 3.44. The van der Waals surface area contributed by atoms with Crippen LogP contribution >= 0.6 is 0 Å². The van der Waals surface area contributed by atoms with Gasteiger partial charge in [0.1, 0.15) is 0 Å². The largest absolute Gasteiger partial charge is 0.353 e. The van der Waals surface area contributed by atoms with Crippen LogP contribution in [0.4, 0.5) is 0 Å². The highest BCUT2D eigenvalue weighted by Crippen LogP contribution is 2.35. The minimum atomic E-state index is 0.286. The average Bonchev–Trinajstić information content (AvgIpc) is 2.65. The molecule has 1 N–H and O–H groups in total. The minimum Gasteiger partial charge on any atom is -0.353 e. The van der Waals surface area contributed by atoms with Crippen LogP contribution in [0, 0.1) is 12.8 Å². The molecule has 2 bridgehead atoms. The molecule has 142 valence electrons. The number of amides is 1. The van der Waals surface area contributed by atoms with Crippen molar-refractivity contribution in [1.29, 1.82) is 0 Å². The lowest BCUT2D eigenvalue weighted by atomic mass is 9.81. The molecule has 0 unspecified atom stereocenters. The van der Waals surface area contributed by atoms with Gasteiger partial charge in [0, 0.05) is 30.6 Å². The Morgan fingerprint density at radius 2 is 1.62 bits per heavy atom. The van der Waals surface area contributed by atoms with Gasteiger partial charge in [-0.25, -0.2) is 0 Å². The molecule has 3 aliphatic rings. The SMILES string of the molecule is Cc1ccc(CN2[C@@H]3CCC[C@@H]2CC(NC(=O)C2CCCCC2)C3)cc1. The standard InChI is InChI=1S/C23H34N2O/c1-17-10-12-18(13-11-17)16-25-21-8-5-9-22(25)15-20(14-21)24-23(26)19-6-3-2-4-7-19/h10-13,19-22H,2-9,14-16H2,1H3,(H,24,26)/t21-,22-/m1/s1. The summed E-state index contributed by atoms with van der Waals surface area (Å²) in [4.78, 5) is 15.4. The van der Waals surface area contributed by atoms with E-state index in [9.17, 15) is 4.79 Å². The predicted molar refractivity (Wildman–Crippen MR) is 106 cm³/mol. The molecule has 3 fully saturated rings. The molecular weight excluding hydrogens is 320 g/mol. The number of aryl methyl sites for hydroxylation is 1. The molecule has 1 amide bonds. The second kappa shape index (κ2) is 8.12. The maximum Gasteiger partial charge on any atom is 0.223 e. The lowest BCUT2D eigenvalue weighted by molar-refractivity contribution is -0.127. The predicted octanol–water partition coefficient (Wildman–Crippen LogP) is 4.58. The van der Waals surface area contributed by atoms with Gasteiger partial charge >= 0.3 is 0 Å². The smallest absolute Gasteiger partial charge is 0.223 e. The number of nitrogens with one attached hydrogen (secondary N) is 1. The van der Waals surface area contributed by atoms with Crippen molar-refractivity contribution in [3.05, 3.63) is 35.4 Å². The topological polar surface area (TPSA) is 32.3 Å². The van der Waals surface area contributed by atoms with Crippen molar-refractivity contribution in [3.63, 3.8) is 0 Å². The van der Waals surface area contributed by atoms with E-state index in [0.29, 0.717) is 24.0 Å². The summed E-state index contributed by atoms with van der Waals surface area (Å²) in [5.41, 5.74) is 2.76. The van der Waals surface area contributed by atoms with E-state index in [1.165, 1.54) is 49.7 Å².